The zero-order chi connectivity index (χ0) is 14.5. The molecule has 1 N–H and O–H groups in total. The van der Waals surface area contributed by atoms with Crippen molar-refractivity contribution in [3.8, 4) is 5.75 Å². The Bertz CT molecular complexity index is 482. The second-order valence-corrected chi connectivity index (χ2v) is 4.90. The Kier molecular flexibility index (Phi) is 4.74. The Hall–Kier alpha value is -1.88. The Balaban J connectivity index is 2.10. The minimum Gasteiger partial charge on any atom is -0.497 e. The van der Waals surface area contributed by atoms with Gasteiger partial charge in [-0.2, -0.15) is 0 Å². The molecule has 1 aromatic carbocycles. The van der Waals surface area contributed by atoms with E-state index in [4.69, 9.17) is 4.74 Å². The Morgan fingerprint density at radius 2 is 1.90 bits per heavy atom. The summed E-state index contributed by atoms with van der Waals surface area (Å²) in [6.07, 6.45) is 1.32. The van der Waals surface area contributed by atoms with E-state index in [1.807, 2.05) is 0 Å². The summed E-state index contributed by atoms with van der Waals surface area (Å²) in [5, 5.41) is 10.2. The lowest BCUT2D eigenvalue weighted by atomic mass is 10.1. The van der Waals surface area contributed by atoms with Gasteiger partial charge in [0, 0.05) is 12.8 Å². The summed E-state index contributed by atoms with van der Waals surface area (Å²) in [6, 6.07) is 7.00. The number of aliphatic hydroxyl groups is 1. The summed E-state index contributed by atoms with van der Waals surface area (Å²) in [6.45, 7) is 0.00480. The number of likely N-dealkylation sites (tertiary alicyclic amines) is 1. The highest BCUT2D eigenvalue weighted by Gasteiger charge is 2.26. The molecule has 20 heavy (non-hydrogen) atoms. The van der Waals surface area contributed by atoms with Crippen molar-refractivity contribution in [2.45, 2.75) is 31.8 Å². The summed E-state index contributed by atoms with van der Waals surface area (Å²) >= 11 is 0. The molecule has 0 bridgehead atoms. The van der Waals surface area contributed by atoms with Crippen LogP contribution in [0, 0.1) is 0 Å². The summed E-state index contributed by atoms with van der Waals surface area (Å²) in [5.41, 5.74) is 0.634. The third-order valence-corrected chi connectivity index (χ3v) is 3.47. The van der Waals surface area contributed by atoms with E-state index in [2.05, 4.69) is 0 Å². The standard InChI is InChI=1S/C15H19NO4/c1-20-12-6-4-5-11(9-12)13(17)10-16-14(18)7-2-3-8-15(16)19/h4-6,9,13,17H,2-3,7-8,10H2,1H3. The summed E-state index contributed by atoms with van der Waals surface area (Å²) < 4.78 is 5.10. The smallest absolute Gasteiger partial charge is 0.229 e. The summed E-state index contributed by atoms with van der Waals surface area (Å²) in [5.74, 6) is 0.235. The Labute approximate surface area is 118 Å². The van der Waals surface area contributed by atoms with Crippen molar-refractivity contribution < 1.29 is 19.4 Å². The van der Waals surface area contributed by atoms with Crippen LogP contribution in [0.15, 0.2) is 24.3 Å². The van der Waals surface area contributed by atoms with Crippen molar-refractivity contribution in [2.24, 2.45) is 0 Å². The predicted molar refractivity (Wildman–Crippen MR) is 73.1 cm³/mol. The first-order valence-corrected chi connectivity index (χ1v) is 6.77. The molecule has 0 aromatic heterocycles. The molecule has 0 radical (unpaired) electrons. The lowest BCUT2D eigenvalue weighted by Crippen LogP contribution is -2.38. The van der Waals surface area contributed by atoms with E-state index in [0.717, 1.165) is 12.8 Å². The fourth-order valence-electron chi connectivity index (χ4n) is 2.29. The first kappa shape index (κ1) is 14.5. The monoisotopic (exact) mass is 277 g/mol. The zero-order valence-corrected chi connectivity index (χ0v) is 11.5. The summed E-state index contributed by atoms with van der Waals surface area (Å²) in [4.78, 5) is 24.9. The van der Waals surface area contributed by atoms with Crippen LogP contribution in [0.2, 0.25) is 0 Å². The number of hydrogen-bond donors (Lipinski definition) is 1. The van der Waals surface area contributed by atoms with Gasteiger partial charge >= 0.3 is 0 Å². The van der Waals surface area contributed by atoms with Gasteiger partial charge in [-0.25, -0.2) is 0 Å². The second kappa shape index (κ2) is 6.52. The van der Waals surface area contributed by atoms with Crippen LogP contribution < -0.4 is 4.74 Å². The van der Waals surface area contributed by atoms with Crippen LogP contribution in [0.1, 0.15) is 37.4 Å². The highest BCUT2D eigenvalue weighted by Crippen LogP contribution is 2.22. The van der Waals surface area contributed by atoms with Gasteiger partial charge in [-0.1, -0.05) is 12.1 Å². The maximum Gasteiger partial charge on any atom is 0.229 e. The van der Waals surface area contributed by atoms with Crippen molar-refractivity contribution in [1.29, 1.82) is 0 Å². The highest BCUT2D eigenvalue weighted by atomic mass is 16.5. The van der Waals surface area contributed by atoms with Gasteiger partial charge in [0.15, 0.2) is 0 Å². The molecule has 2 amide bonds. The lowest BCUT2D eigenvalue weighted by molar-refractivity contribution is -0.145. The van der Waals surface area contributed by atoms with Crippen LogP contribution in [-0.2, 0) is 9.59 Å². The average Bonchev–Trinajstić information content (AvgIpc) is 2.62. The number of β-amino-alcohol motifs (C(OH)–C–C–N with tert-alkyl or cyclic N) is 1. The van der Waals surface area contributed by atoms with E-state index >= 15 is 0 Å². The number of imide groups is 1. The topological polar surface area (TPSA) is 66.8 Å². The van der Waals surface area contributed by atoms with Crippen LogP contribution in [0.25, 0.3) is 0 Å². The van der Waals surface area contributed by atoms with E-state index < -0.39 is 6.10 Å². The lowest BCUT2D eigenvalue weighted by Gasteiger charge is -2.22. The molecule has 0 saturated carbocycles. The molecule has 2 rings (SSSR count). The molecule has 1 atom stereocenters. The number of nitrogens with zero attached hydrogens (tertiary/aromatic N) is 1. The Morgan fingerprint density at radius 3 is 2.50 bits per heavy atom. The SMILES string of the molecule is COc1cccc(C(O)CN2C(=O)CCCCC2=O)c1. The number of ether oxygens (including phenoxy) is 1. The molecular formula is C15H19NO4. The number of carbonyl (C=O) groups excluding carboxylic acids is 2. The van der Waals surface area contributed by atoms with Gasteiger partial charge in [0.1, 0.15) is 5.75 Å². The van der Waals surface area contributed by atoms with Gasteiger partial charge in [0.2, 0.25) is 11.8 Å². The number of aliphatic hydroxyl groups excluding tert-OH is 1. The molecule has 1 fully saturated rings. The molecule has 1 aliphatic heterocycles. The van der Waals surface area contributed by atoms with Crippen LogP contribution in [0.3, 0.4) is 0 Å². The van der Waals surface area contributed by atoms with E-state index in [0.29, 0.717) is 24.2 Å². The van der Waals surface area contributed by atoms with Crippen molar-refractivity contribution in [1.82, 2.24) is 4.90 Å². The fourth-order valence-corrected chi connectivity index (χ4v) is 2.29. The largest absolute Gasteiger partial charge is 0.497 e. The Morgan fingerprint density at radius 1 is 1.25 bits per heavy atom. The number of methoxy groups -OCH3 is 1. The van der Waals surface area contributed by atoms with E-state index in [1.54, 1.807) is 31.4 Å². The second-order valence-electron chi connectivity index (χ2n) is 4.90. The van der Waals surface area contributed by atoms with Gasteiger partial charge in [0.25, 0.3) is 0 Å². The van der Waals surface area contributed by atoms with Gasteiger partial charge in [-0.15, -0.1) is 0 Å². The minimum absolute atomic E-state index is 0.00480. The molecule has 1 aliphatic rings. The van der Waals surface area contributed by atoms with Crippen LogP contribution in [0.4, 0.5) is 0 Å². The van der Waals surface area contributed by atoms with Crippen molar-refractivity contribution >= 4 is 11.8 Å². The van der Waals surface area contributed by atoms with Crippen LogP contribution in [-0.4, -0.2) is 35.5 Å². The van der Waals surface area contributed by atoms with Crippen LogP contribution >= 0.6 is 0 Å². The van der Waals surface area contributed by atoms with Gasteiger partial charge < -0.3 is 9.84 Å². The number of amides is 2. The molecule has 5 heteroatoms. The normalized spacial score (nSPS) is 17.8. The number of hydrogen-bond acceptors (Lipinski definition) is 4. The molecule has 1 heterocycles. The molecule has 1 saturated heterocycles. The van der Waals surface area contributed by atoms with Gasteiger partial charge in [-0.3, -0.25) is 14.5 Å². The first-order chi connectivity index (χ1) is 9.61. The third-order valence-electron chi connectivity index (χ3n) is 3.47. The van der Waals surface area contributed by atoms with Crippen molar-refractivity contribution in [2.75, 3.05) is 13.7 Å². The molecule has 1 unspecified atom stereocenters. The fraction of sp³-hybridized carbons (Fsp3) is 0.467. The molecule has 0 aliphatic carbocycles. The van der Waals surface area contributed by atoms with Crippen LogP contribution in [0.5, 0.6) is 5.75 Å². The maximum absolute atomic E-state index is 11.9. The number of benzene rings is 1. The van der Waals surface area contributed by atoms with Gasteiger partial charge in [0.05, 0.1) is 19.8 Å². The first-order valence-electron chi connectivity index (χ1n) is 6.77. The summed E-state index contributed by atoms with van der Waals surface area (Å²) in [7, 11) is 1.55. The molecule has 1 aromatic rings. The molecule has 0 spiro atoms. The average molecular weight is 277 g/mol. The quantitative estimate of drug-likeness (QED) is 0.850. The van der Waals surface area contributed by atoms with E-state index in [1.165, 1.54) is 4.90 Å². The van der Waals surface area contributed by atoms with E-state index in [-0.39, 0.29) is 18.4 Å². The zero-order valence-electron chi connectivity index (χ0n) is 11.5. The molecule has 108 valence electrons. The van der Waals surface area contributed by atoms with Gasteiger partial charge in [-0.05, 0) is 30.5 Å². The van der Waals surface area contributed by atoms with Crippen molar-refractivity contribution in [3.05, 3.63) is 29.8 Å². The minimum atomic E-state index is -0.892. The van der Waals surface area contributed by atoms with Crippen molar-refractivity contribution in [3.63, 3.8) is 0 Å². The third kappa shape index (κ3) is 3.36. The molecule has 5 nitrogen and oxygen atoms in total. The molecular weight excluding hydrogens is 258 g/mol. The number of rotatable bonds is 4. The maximum atomic E-state index is 11.9. The highest BCUT2D eigenvalue weighted by molar-refractivity contribution is 5.96. The van der Waals surface area contributed by atoms with E-state index in [9.17, 15) is 14.7 Å². The number of carbonyl (C=O) groups is 2. The predicted octanol–water partition coefficient (Wildman–Crippen LogP) is 1.66.